The molecule has 0 aromatic heterocycles. The third-order valence-corrected chi connectivity index (χ3v) is 4.90. The molecule has 0 spiro atoms. The van der Waals surface area contributed by atoms with Gasteiger partial charge in [-0.1, -0.05) is 35.9 Å². The van der Waals surface area contributed by atoms with E-state index in [0.717, 1.165) is 10.0 Å². The van der Waals surface area contributed by atoms with Crippen LogP contribution in [-0.2, 0) is 9.84 Å². The first-order chi connectivity index (χ1) is 8.39. The van der Waals surface area contributed by atoms with Crippen LogP contribution in [0.1, 0.15) is 0 Å². The lowest BCUT2D eigenvalue weighted by Gasteiger charge is -2.08. The van der Waals surface area contributed by atoms with Gasteiger partial charge >= 0.3 is 0 Å². The molecule has 0 atom stereocenters. The van der Waals surface area contributed by atoms with Crippen LogP contribution in [-0.4, -0.2) is 14.7 Å². The molecule has 94 valence electrons. The van der Waals surface area contributed by atoms with E-state index in [4.69, 9.17) is 11.6 Å². The molecule has 2 nitrogen and oxygen atoms in total. The van der Waals surface area contributed by atoms with Gasteiger partial charge in [-0.2, -0.15) is 0 Å². The summed E-state index contributed by atoms with van der Waals surface area (Å²) in [5.74, 6) is 0. The Morgan fingerprint density at radius 1 is 1.11 bits per heavy atom. The topological polar surface area (TPSA) is 34.1 Å². The fraction of sp³-hybridized carbons (Fsp3) is 0.0769. The summed E-state index contributed by atoms with van der Waals surface area (Å²) in [5, 5.41) is 0.552. The van der Waals surface area contributed by atoms with Crippen LogP contribution in [0.5, 0.6) is 0 Å². The van der Waals surface area contributed by atoms with E-state index in [0.29, 0.717) is 15.5 Å². The minimum Gasteiger partial charge on any atom is -0.224 e. The molecule has 5 heteroatoms. The van der Waals surface area contributed by atoms with Gasteiger partial charge in [-0.05, 0) is 39.7 Å². The fourth-order valence-electron chi connectivity index (χ4n) is 1.69. The van der Waals surface area contributed by atoms with Gasteiger partial charge in [0.15, 0.2) is 9.84 Å². The van der Waals surface area contributed by atoms with E-state index in [9.17, 15) is 8.42 Å². The van der Waals surface area contributed by atoms with Crippen LogP contribution < -0.4 is 0 Å². The number of benzene rings is 2. The largest absolute Gasteiger partial charge is 0.224 e. The van der Waals surface area contributed by atoms with Crippen LogP contribution in [0.4, 0.5) is 0 Å². The molecule has 0 saturated heterocycles. The second-order valence-corrected chi connectivity index (χ2v) is 7.14. The second kappa shape index (κ2) is 5.03. The molecule has 0 aliphatic carbocycles. The monoisotopic (exact) mass is 344 g/mol. The number of hydrogen-bond acceptors (Lipinski definition) is 2. The predicted molar refractivity (Wildman–Crippen MR) is 77.7 cm³/mol. The molecule has 0 saturated carbocycles. The average molecular weight is 346 g/mol. The first kappa shape index (κ1) is 13.6. The summed E-state index contributed by atoms with van der Waals surface area (Å²) in [6.45, 7) is 0. The van der Waals surface area contributed by atoms with E-state index in [1.165, 1.54) is 6.26 Å². The number of halogens is 2. The van der Waals surface area contributed by atoms with Gasteiger partial charge < -0.3 is 0 Å². The third kappa shape index (κ3) is 2.76. The molecular weight excluding hydrogens is 336 g/mol. The minimum atomic E-state index is -3.26. The van der Waals surface area contributed by atoms with Crippen molar-refractivity contribution in [3.8, 4) is 11.1 Å². The highest BCUT2D eigenvalue weighted by molar-refractivity contribution is 9.10. The molecule has 0 fully saturated rings. The van der Waals surface area contributed by atoms with Gasteiger partial charge in [-0.15, -0.1) is 0 Å². The SMILES string of the molecule is CS(=O)(=O)c1ccccc1-c1ccc(Br)c(Cl)c1. The normalized spacial score (nSPS) is 11.5. The quantitative estimate of drug-likeness (QED) is 0.818. The van der Waals surface area contributed by atoms with Crippen molar-refractivity contribution < 1.29 is 8.42 Å². The smallest absolute Gasteiger partial charge is 0.176 e. The zero-order valence-corrected chi connectivity index (χ0v) is 12.7. The molecule has 0 N–H and O–H groups in total. The molecule has 0 aliphatic heterocycles. The highest BCUT2D eigenvalue weighted by Crippen LogP contribution is 2.32. The van der Waals surface area contributed by atoms with E-state index < -0.39 is 9.84 Å². The van der Waals surface area contributed by atoms with E-state index >= 15 is 0 Å². The number of sulfone groups is 1. The summed E-state index contributed by atoms with van der Waals surface area (Å²) >= 11 is 9.34. The molecule has 0 radical (unpaired) electrons. The summed E-state index contributed by atoms with van der Waals surface area (Å²) in [7, 11) is -3.26. The zero-order valence-electron chi connectivity index (χ0n) is 9.52. The first-order valence-corrected chi connectivity index (χ1v) is 8.20. The summed E-state index contributed by atoms with van der Waals surface area (Å²) in [6.07, 6.45) is 1.20. The summed E-state index contributed by atoms with van der Waals surface area (Å²) in [6, 6.07) is 12.3. The average Bonchev–Trinajstić information content (AvgIpc) is 2.32. The van der Waals surface area contributed by atoms with Crippen LogP contribution in [0.15, 0.2) is 51.8 Å². The molecule has 2 rings (SSSR count). The van der Waals surface area contributed by atoms with Crippen molar-refractivity contribution in [3.63, 3.8) is 0 Å². The van der Waals surface area contributed by atoms with Crippen molar-refractivity contribution in [3.05, 3.63) is 52.0 Å². The molecule has 2 aromatic carbocycles. The van der Waals surface area contributed by atoms with Gasteiger partial charge in [-0.3, -0.25) is 0 Å². The lowest BCUT2D eigenvalue weighted by atomic mass is 10.1. The Kier molecular flexibility index (Phi) is 3.80. The van der Waals surface area contributed by atoms with Crippen molar-refractivity contribution in [1.82, 2.24) is 0 Å². The van der Waals surface area contributed by atoms with Gasteiger partial charge in [-0.25, -0.2) is 8.42 Å². The maximum Gasteiger partial charge on any atom is 0.176 e. The fourth-order valence-corrected chi connectivity index (χ4v) is 3.03. The Morgan fingerprint density at radius 2 is 1.78 bits per heavy atom. The Hall–Kier alpha value is -0.840. The lowest BCUT2D eigenvalue weighted by molar-refractivity contribution is 0.602. The molecule has 0 bridgehead atoms. The Morgan fingerprint density at radius 3 is 2.39 bits per heavy atom. The first-order valence-electron chi connectivity index (χ1n) is 5.14. The van der Waals surface area contributed by atoms with Crippen LogP contribution in [0.3, 0.4) is 0 Å². The second-order valence-electron chi connectivity index (χ2n) is 3.90. The van der Waals surface area contributed by atoms with Crippen molar-refractivity contribution in [2.45, 2.75) is 4.90 Å². The van der Waals surface area contributed by atoms with Crippen LogP contribution in [0, 0.1) is 0 Å². The highest BCUT2D eigenvalue weighted by Gasteiger charge is 2.14. The Balaban J connectivity index is 2.68. The third-order valence-electron chi connectivity index (χ3n) is 2.52. The zero-order chi connectivity index (χ0) is 13.3. The van der Waals surface area contributed by atoms with Gasteiger partial charge in [0.05, 0.1) is 9.92 Å². The minimum absolute atomic E-state index is 0.309. The number of hydrogen-bond donors (Lipinski definition) is 0. The van der Waals surface area contributed by atoms with Gasteiger partial charge in [0.25, 0.3) is 0 Å². The summed E-state index contributed by atoms with van der Waals surface area (Å²) in [5.41, 5.74) is 1.44. The standard InChI is InChI=1S/C13H10BrClO2S/c1-18(16,17)13-5-3-2-4-10(13)9-6-7-11(14)12(15)8-9/h2-8H,1H3. The molecule has 0 heterocycles. The van der Waals surface area contributed by atoms with E-state index in [1.54, 1.807) is 36.4 Å². The van der Waals surface area contributed by atoms with Crippen LogP contribution in [0.2, 0.25) is 5.02 Å². The van der Waals surface area contributed by atoms with Crippen molar-refractivity contribution in [1.29, 1.82) is 0 Å². The van der Waals surface area contributed by atoms with E-state index in [2.05, 4.69) is 15.9 Å². The maximum absolute atomic E-state index is 11.7. The predicted octanol–water partition coefficient (Wildman–Crippen LogP) is 4.17. The Labute approximate surface area is 120 Å². The van der Waals surface area contributed by atoms with Crippen molar-refractivity contribution in [2.75, 3.05) is 6.26 Å². The van der Waals surface area contributed by atoms with Crippen LogP contribution >= 0.6 is 27.5 Å². The van der Waals surface area contributed by atoms with Crippen LogP contribution in [0.25, 0.3) is 11.1 Å². The number of rotatable bonds is 2. The summed E-state index contributed by atoms with van der Waals surface area (Å²) in [4.78, 5) is 0.309. The maximum atomic E-state index is 11.7. The molecule has 0 aliphatic rings. The van der Waals surface area contributed by atoms with E-state index in [-0.39, 0.29) is 0 Å². The molecular formula is C13H10BrClO2S. The van der Waals surface area contributed by atoms with Gasteiger partial charge in [0, 0.05) is 16.3 Å². The van der Waals surface area contributed by atoms with Gasteiger partial charge in [0.2, 0.25) is 0 Å². The lowest BCUT2D eigenvalue weighted by Crippen LogP contribution is -1.99. The van der Waals surface area contributed by atoms with Crippen molar-refractivity contribution >= 4 is 37.4 Å². The highest BCUT2D eigenvalue weighted by atomic mass is 79.9. The molecule has 0 unspecified atom stereocenters. The van der Waals surface area contributed by atoms with E-state index in [1.807, 2.05) is 6.07 Å². The Bertz CT molecular complexity index is 696. The van der Waals surface area contributed by atoms with Crippen molar-refractivity contribution in [2.24, 2.45) is 0 Å². The molecule has 18 heavy (non-hydrogen) atoms. The van der Waals surface area contributed by atoms with Gasteiger partial charge in [0.1, 0.15) is 0 Å². The molecule has 0 amide bonds. The summed E-state index contributed by atoms with van der Waals surface area (Å²) < 4.78 is 24.3. The molecule has 2 aromatic rings.